The van der Waals surface area contributed by atoms with E-state index in [1.54, 1.807) is 0 Å². The highest BCUT2D eigenvalue weighted by molar-refractivity contribution is 5.99. The van der Waals surface area contributed by atoms with Gasteiger partial charge < -0.3 is 15.4 Å². The van der Waals surface area contributed by atoms with Crippen LogP contribution in [-0.4, -0.2) is 36.1 Å². The quantitative estimate of drug-likeness (QED) is 0.745. The van der Waals surface area contributed by atoms with Crippen LogP contribution in [0.15, 0.2) is 36.5 Å². The lowest BCUT2D eigenvalue weighted by Gasteiger charge is -2.10. The molecule has 2 amide bonds. The summed E-state index contributed by atoms with van der Waals surface area (Å²) in [6.07, 6.45) is -3.44. The zero-order valence-corrected chi connectivity index (χ0v) is 13.4. The van der Waals surface area contributed by atoms with E-state index in [9.17, 15) is 31.5 Å². The molecule has 0 aliphatic rings. The number of aromatic nitrogens is 1. The molecule has 2 aromatic rings. The fraction of sp³-hybridized carbons (Fsp3) is 0.188. The average Bonchev–Trinajstić information content (AvgIpc) is 2.58. The van der Waals surface area contributed by atoms with Gasteiger partial charge in [-0.25, -0.2) is 13.8 Å². The first-order chi connectivity index (χ1) is 12.6. The van der Waals surface area contributed by atoms with Crippen molar-refractivity contribution in [2.75, 3.05) is 18.5 Å². The fourth-order valence-electron chi connectivity index (χ4n) is 1.83. The number of carbonyl (C=O) groups is 2. The number of halogens is 5. The maximum Gasteiger partial charge on any atom is 0.422 e. The van der Waals surface area contributed by atoms with Crippen molar-refractivity contribution in [3.05, 3.63) is 53.7 Å². The molecule has 0 atom stereocenters. The number of nitrogens with zero attached hydrogens (tertiary/aromatic N) is 1. The maximum atomic E-state index is 13.5. The van der Waals surface area contributed by atoms with Gasteiger partial charge in [0, 0.05) is 12.1 Å². The van der Waals surface area contributed by atoms with Crippen molar-refractivity contribution in [1.29, 1.82) is 0 Å². The Morgan fingerprint density at radius 2 is 1.85 bits per heavy atom. The van der Waals surface area contributed by atoms with Gasteiger partial charge >= 0.3 is 6.18 Å². The van der Waals surface area contributed by atoms with Gasteiger partial charge in [-0.05, 0) is 18.2 Å². The number of ether oxygens (including phenoxy) is 1. The second-order valence-electron chi connectivity index (χ2n) is 5.14. The maximum absolute atomic E-state index is 13.5. The van der Waals surface area contributed by atoms with E-state index in [0.29, 0.717) is 6.07 Å². The molecule has 27 heavy (non-hydrogen) atoms. The Bertz CT molecular complexity index is 825. The third-order valence-electron chi connectivity index (χ3n) is 2.99. The van der Waals surface area contributed by atoms with Crippen LogP contribution in [0.25, 0.3) is 0 Å². The number of rotatable bonds is 6. The lowest BCUT2D eigenvalue weighted by molar-refractivity contribution is -0.154. The molecule has 1 aromatic carbocycles. The van der Waals surface area contributed by atoms with Gasteiger partial charge in [0.2, 0.25) is 11.8 Å². The molecule has 144 valence electrons. The molecule has 0 aliphatic heterocycles. The monoisotopic (exact) mass is 389 g/mol. The van der Waals surface area contributed by atoms with Crippen molar-refractivity contribution < 1.29 is 36.3 Å². The van der Waals surface area contributed by atoms with E-state index < -0.39 is 48.3 Å². The van der Waals surface area contributed by atoms with Gasteiger partial charge in [-0.3, -0.25) is 9.59 Å². The van der Waals surface area contributed by atoms with Crippen LogP contribution in [0, 0.1) is 11.6 Å². The zero-order valence-electron chi connectivity index (χ0n) is 13.4. The summed E-state index contributed by atoms with van der Waals surface area (Å²) in [4.78, 5) is 27.1. The normalized spacial score (nSPS) is 11.0. The Kier molecular flexibility index (Phi) is 6.27. The minimum absolute atomic E-state index is 0.140. The van der Waals surface area contributed by atoms with Crippen molar-refractivity contribution >= 4 is 17.5 Å². The van der Waals surface area contributed by atoms with Gasteiger partial charge in [-0.15, -0.1) is 0 Å². The number of nitrogens with one attached hydrogen (secondary N) is 2. The number of amides is 2. The van der Waals surface area contributed by atoms with Crippen LogP contribution in [-0.2, 0) is 4.79 Å². The second kappa shape index (κ2) is 8.43. The average molecular weight is 389 g/mol. The first-order valence-electron chi connectivity index (χ1n) is 7.33. The molecule has 0 spiro atoms. The summed E-state index contributed by atoms with van der Waals surface area (Å²) in [5, 5.41) is 4.47. The molecule has 0 unspecified atom stereocenters. The molecular formula is C16H12F5N3O3. The van der Waals surface area contributed by atoms with Crippen LogP contribution in [0.3, 0.4) is 0 Å². The minimum atomic E-state index is -4.50. The smallest absolute Gasteiger partial charge is 0.422 e. The van der Waals surface area contributed by atoms with Crippen molar-refractivity contribution in [2.45, 2.75) is 6.18 Å². The van der Waals surface area contributed by atoms with E-state index >= 15 is 0 Å². The number of carbonyl (C=O) groups excluding carboxylic acids is 2. The van der Waals surface area contributed by atoms with Gasteiger partial charge in [0.1, 0.15) is 11.6 Å². The van der Waals surface area contributed by atoms with Crippen LogP contribution in [0.1, 0.15) is 10.4 Å². The number of pyridine rings is 1. The number of hydrogen-bond donors (Lipinski definition) is 2. The van der Waals surface area contributed by atoms with Crippen LogP contribution in [0.4, 0.5) is 27.6 Å². The van der Waals surface area contributed by atoms with Crippen molar-refractivity contribution in [1.82, 2.24) is 10.3 Å². The molecule has 6 nitrogen and oxygen atoms in total. The number of alkyl halides is 3. The lowest BCUT2D eigenvalue weighted by Crippen LogP contribution is -2.33. The standard InChI is InChI=1S/C16H12F5N3O3/c17-9-1-3-11(12(18)5-9)15(26)23-7-13(25)24-10-2-4-14(22-6-10)27-8-16(19,20)21/h1-6H,7-8H2,(H,23,26)(H,24,25). The van der Waals surface area contributed by atoms with E-state index in [-0.39, 0.29) is 11.6 Å². The molecular weight excluding hydrogens is 377 g/mol. The Morgan fingerprint density at radius 1 is 1.11 bits per heavy atom. The molecule has 0 saturated heterocycles. The third-order valence-corrected chi connectivity index (χ3v) is 2.99. The van der Waals surface area contributed by atoms with E-state index in [2.05, 4.69) is 20.4 Å². The number of benzene rings is 1. The highest BCUT2D eigenvalue weighted by Gasteiger charge is 2.28. The summed E-state index contributed by atoms with van der Waals surface area (Å²) in [5.74, 6) is -3.83. The number of hydrogen-bond acceptors (Lipinski definition) is 4. The van der Waals surface area contributed by atoms with Crippen molar-refractivity contribution in [3.8, 4) is 5.88 Å². The van der Waals surface area contributed by atoms with Crippen LogP contribution < -0.4 is 15.4 Å². The fourth-order valence-corrected chi connectivity index (χ4v) is 1.83. The van der Waals surface area contributed by atoms with Gasteiger partial charge in [0.15, 0.2) is 6.61 Å². The zero-order chi connectivity index (χ0) is 20.0. The first kappa shape index (κ1) is 20.1. The third kappa shape index (κ3) is 6.53. The molecule has 0 saturated carbocycles. The van der Waals surface area contributed by atoms with E-state index in [0.717, 1.165) is 24.4 Å². The summed E-state index contributed by atoms with van der Waals surface area (Å²) in [5.41, 5.74) is -0.293. The predicted octanol–water partition coefficient (Wildman–Crippen LogP) is 2.67. The topological polar surface area (TPSA) is 80.3 Å². The van der Waals surface area contributed by atoms with Crippen molar-refractivity contribution in [3.63, 3.8) is 0 Å². The van der Waals surface area contributed by atoms with Gasteiger partial charge in [-0.2, -0.15) is 13.2 Å². The lowest BCUT2D eigenvalue weighted by atomic mass is 10.2. The van der Waals surface area contributed by atoms with Gasteiger partial charge in [-0.1, -0.05) is 0 Å². The summed E-state index contributed by atoms with van der Waals surface area (Å²) in [6, 6.07) is 4.72. The van der Waals surface area contributed by atoms with Crippen LogP contribution >= 0.6 is 0 Å². The molecule has 2 N–H and O–H groups in total. The molecule has 1 heterocycles. The van der Waals surface area contributed by atoms with Crippen LogP contribution in [0.2, 0.25) is 0 Å². The molecule has 0 fully saturated rings. The predicted molar refractivity (Wildman–Crippen MR) is 83.1 cm³/mol. The first-order valence-corrected chi connectivity index (χ1v) is 7.33. The van der Waals surface area contributed by atoms with Gasteiger partial charge in [0.25, 0.3) is 5.91 Å². The number of anilines is 1. The molecule has 1 aromatic heterocycles. The SMILES string of the molecule is O=C(CNC(=O)c1ccc(F)cc1F)Nc1ccc(OCC(F)(F)F)nc1. The second-order valence-corrected chi connectivity index (χ2v) is 5.14. The molecule has 2 rings (SSSR count). The van der Waals surface area contributed by atoms with Crippen molar-refractivity contribution in [2.24, 2.45) is 0 Å². The summed E-state index contributed by atoms with van der Waals surface area (Å²) < 4.78 is 66.7. The molecule has 0 aliphatic carbocycles. The molecule has 0 radical (unpaired) electrons. The highest BCUT2D eigenvalue weighted by Crippen LogP contribution is 2.18. The van der Waals surface area contributed by atoms with E-state index in [4.69, 9.17) is 0 Å². The van der Waals surface area contributed by atoms with Gasteiger partial charge in [0.05, 0.1) is 24.0 Å². The summed E-state index contributed by atoms with van der Waals surface area (Å²) >= 11 is 0. The van der Waals surface area contributed by atoms with E-state index in [1.807, 2.05) is 0 Å². The van der Waals surface area contributed by atoms with E-state index in [1.165, 1.54) is 6.07 Å². The Labute approximate surface area is 149 Å². The molecule has 11 heteroatoms. The Morgan fingerprint density at radius 3 is 2.44 bits per heavy atom. The summed E-state index contributed by atoms with van der Waals surface area (Å²) in [7, 11) is 0. The largest absolute Gasteiger partial charge is 0.468 e. The van der Waals surface area contributed by atoms with Crippen LogP contribution in [0.5, 0.6) is 5.88 Å². The summed E-state index contributed by atoms with van der Waals surface area (Å²) in [6.45, 7) is -2.03. The Balaban J connectivity index is 1.84. The minimum Gasteiger partial charge on any atom is -0.468 e. The highest BCUT2D eigenvalue weighted by atomic mass is 19.4. The molecule has 0 bridgehead atoms. The Hall–Kier alpha value is -3.24.